The lowest BCUT2D eigenvalue weighted by atomic mass is 9.95. The van der Waals surface area contributed by atoms with Crippen molar-refractivity contribution in [3.05, 3.63) is 0 Å². The number of thioether (sulfide) groups is 1. The third kappa shape index (κ3) is 4.57. The van der Waals surface area contributed by atoms with Crippen LogP contribution in [0.3, 0.4) is 0 Å². The summed E-state index contributed by atoms with van der Waals surface area (Å²) in [5.41, 5.74) is 0. The van der Waals surface area contributed by atoms with E-state index in [9.17, 15) is 14.7 Å². The summed E-state index contributed by atoms with van der Waals surface area (Å²) in [6.07, 6.45) is 5.82. The zero-order valence-electron chi connectivity index (χ0n) is 12.4. The lowest BCUT2D eigenvalue weighted by Crippen LogP contribution is -2.54. The Bertz CT molecular complexity index is 441. The molecular weight excluding hydrogens is 324 g/mol. The molecule has 0 bridgehead atoms. The van der Waals surface area contributed by atoms with Crippen LogP contribution >= 0.6 is 24.0 Å². The van der Waals surface area contributed by atoms with Gasteiger partial charge in [0.1, 0.15) is 10.4 Å². The van der Waals surface area contributed by atoms with Gasteiger partial charge in [0.05, 0.1) is 12.5 Å². The van der Waals surface area contributed by atoms with E-state index in [1.165, 1.54) is 31.0 Å². The second-order valence-corrected chi connectivity index (χ2v) is 7.40. The highest BCUT2D eigenvalue weighted by Gasteiger charge is 2.34. The van der Waals surface area contributed by atoms with Gasteiger partial charge in [0.25, 0.3) is 0 Å². The standard InChI is InChI=1S/C14H22N2O4S2/c17-12(18)7-6-11(13(19)20)15-8-16(14(21)22-9-15)10-4-2-1-3-5-10/h10-11H,1-9H2,(H,17,18)(H,19,20)/t11-/m0/s1. The van der Waals surface area contributed by atoms with E-state index in [1.807, 2.05) is 4.90 Å². The van der Waals surface area contributed by atoms with Crippen molar-refractivity contribution in [2.45, 2.75) is 57.0 Å². The van der Waals surface area contributed by atoms with Crippen molar-refractivity contribution in [3.63, 3.8) is 0 Å². The van der Waals surface area contributed by atoms with Crippen molar-refractivity contribution in [1.82, 2.24) is 9.80 Å². The highest BCUT2D eigenvalue weighted by Crippen LogP contribution is 2.30. The highest BCUT2D eigenvalue weighted by molar-refractivity contribution is 8.22. The normalized spacial score (nSPS) is 22.5. The summed E-state index contributed by atoms with van der Waals surface area (Å²) in [5.74, 6) is -1.41. The summed E-state index contributed by atoms with van der Waals surface area (Å²) in [6, 6.07) is -0.372. The van der Waals surface area contributed by atoms with E-state index < -0.39 is 18.0 Å². The van der Waals surface area contributed by atoms with Crippen molar-refractivity contribution >= 4 is 40.2 Å². The largest absolute Gasteiger partial charge is 0.481 e. The number of hydrogen-bond acceptors (Lipinski definition) is 5. The van der Waals surface area contributed by atoms with Gasteiger partial charge in [-0.05, 0) is 19.3 Å². The van der Waals surface area contributed by atoms with Gasteiger partial charge in [0.2, 0.25) is 0 Å². The number of nitrogens with zero attached hydrogens (tertiary/aromatic N) is 2. The maximum atomic E-state index is 11.5. The number of carboxylic acids is 2. The minimum absolute atomic E-state index is 0.122. The van der Waals surface area contributed by atoms with Gasteiger partial charge in [0, 0.05) is 12.5 Å². The van der Waals surface area contributed by atoms with Crippen LogP contribution in [-0.4, -0.2) is 60.9 Å². The smallest absolute Gasteiger partial charge is 0.321 e. The number of carboxylic acid groups (broad SMARTS) is 2. The molecule has 0 aromatic heterocycles. The molecule has 0 spiro atoms. The molecule has 1 aliphatic heterocycles. The van der Waals surface area contributed by atoms with Gasteiger partial charge in [-0.15, -0.1) is 0 Å². The lowest BCUT2D eigenvalue weighted by molar-refractivity contribution is -0.144. The average Bonchev–Trinajstić information content (AvgIpc) is 2.49. The van der Waals surface area contributed by atoms with Gasteiger partial charge in [0.15, 0.2) is 0 Å². The van der Waals surface area contributed by atoms with Crippen molar-refractivity contribution in [3.8, 4) is 0 Å². The number of aliphatic carboxylic acids is 2. The summed E-state index contributed by atoms with van der Waals surface area (Å²) < 4.78 is 0.838. The quantitative estimate of drug-likeness (QED) is 0.709. The van der Waals surface area contributed by atoms with Crippen molar-refractivity contribution in [2.75, 3.05) is 12.5 Å². The maximum Gasteiger partial charge on any atom is 0.321 e. The molecular formula is C14H22N2O4S2. The summed E-state index contributed by atoms with van der Waals surface area (Å²) in [5, 5.41) is 18.2. The molecule has 124 valence electrons. The zero-order chi connectivity index (χ0) is 16.1. The molecule has 8 heteroatoms. The third-order valence-electron chi connectivity index (χ3n) is 4.30. The lowest BCUT2D eigenvalue weighted by Gasteiger charge is -2.44. The first kappa shape index (κ1) is 17.5. The fraction of sp³-hybridized carbons (Fsp3) is 0.786. The van der Waals surface area contributed by atoms with Gasteiger partial charge in [-0.1, -0.05) is 43.2 Å². The van der Waals surface area contributed by atoms with E-state index in [2.05, 4.69) is 4.90 Å². The Morgan fingerprint density at radius 1 is 1.27 bits per heavy atom. The summed E-state index contributed by atoms with van der Waals surface area (Å²) in [4.78, 5) is 26.2. The minimum Gasteiger partial charge on any atom is -0.481 e. The Morgan fingerprint density at radius 3 is 2.55 bits per heavy atom. The Balaban J connectivity index is 2.01. The molecule has 2 aliphatic rings. The van der Waals surface area contributed by atoms with Gasteiger partial charge in [-0.3, -0.25) is 14.5 Å². The molecule has 0 aromatic carbocycles. The summed E-state index contributed by atoms with van der Waals surface area (Å²) in [6.45, 7) is 0.493. The fourth-order valence-electron chi connectivity index (χ4n) is 3.08. The Kier molecular flexibility index (Phi) is 6.46. The first-order chi connectivity index (χ1) is 10.5. The van der Waals surface area contributed by atoms with Crippen molar-refractivity contribution < 1.29 is 19.8 Å². The maximum absolute atomic E-state index is 11.5. The molecule has 1 heterocycles. The number of rotatable bonds is 6. The third-order valence-corrected chi connectivity index (χ3v) is 5.83. The Labute approximate surface area is 139 Å². The van der Waals surface area contributed by atoms with Crippen LogP contribution in [0.4, 0.5) is 0 Å². The van der Waals surface area contributed by atoms with Crippen LogP contribution in [-0.2, 0) is 9.59 Å². The van der Waals surface area contributed by atoms with Crippen molar-refractivity contribution in [1.29, 1.82) is 0 Å². The minimum atomic E-state index is -0.962. The predicted molar refractivity (Wildman–Crippen MR) is 88.8 cm³/mol. The Hall–Kier alpha value is -0.860. The van der Waals surface area contributed by atoms with E-state index in [0.29, 0.717) is 18.6 Å². The van der Waals surface area contributed by atoms with Crippen LogP contribution in [0.1, 0.15) is 44.9 Å². The molecule has 2 fully saturated rings. The van der Waals surface area contributed by atoms with E-state index >= 15 is 0 Å². The van der Waals surface area contributed by atoms with Crippen molar-refractivity contribution in [2.24, 2.45) is 0 Å². The van der Waals surface area contributed by atoms with Crippen LogP contribution in [0.2, 0.25) is 0 Å². The first-order valence-corrected chi connectivity index (χ1v) is 9.00. The van der Waals surface area contributed by atoms with E-state index in [0.717, 1.165) is 17.2 Å². The average molecular weight is 346 g/mol. The predicted octanol–water partition coefficient (Wildman–Crippen LogP) is 2.19. The molecule has 2 rings (SSSR count). The molecule has 0 amide bonds. The zero-order valence-corrected chi connectivity index (χ0v) is 14.1. The van der Waals surface area contributed by atoms with Gasteiger partial charge < -0.3 is 15.1 Å². The molecule has 6 nitrogen and oxygen atoms in total. The van der Waals surface area contributed by atoms with E-state index in [1.54, 1.807) is 0 Å². The van der Waals surface area contributed by atoms with Crippen LogP contribution in [0.5, 0.6) is 0 Å². The van der Waals surface area contributed by atoms with Crippen LogP contribution < -0.4 is 0 Å². The monoisotopic (exact) mass is 346 g/mol. The fourth-order valence-corrected chi connectivity index (χ4v) is 4.36. The first-order valence-electron chi connectivity index (χ1n) is 7.61. The molecule has 1 saturated carbocycles. The van der Waals surface area contributed by atoms with Gasteiger partial charge >= 0.3 is 11.9 Å². The van der Waals surface area contributed by atoms with E-state index in [4.69, 9.17) is 17.3 Å². The van der Waals surface area contributed by atoms with E-state index in [-0.39, 0.29) is 12.8 Å². The summed E-state index contributed by atoms with van der Waals surface area (Å²) in [7, 11) is 0. The molecule has 1 aliphatic carbocycles. The molecule has 22 heavy (non-hydrogen) atoms. The molecule has 0 unspecified atom stereocenters. The van der Waals surface area contributed by atoms with Crippen LogP contribution in [0.15, 0.2) is 0 Å². The summed E-state index contributed by atoms with van der Waals surface area (Å²) >= 11 is 6.92. The molecule has 2 N–H and O–H groups in total. The number of carbonyl (C=O) groups is 2. The van der Waals surface area contributed by atoms with Crippen LogP contribution in [0.25, 0.3) is 0 Å². The van der Waals surface area contributed by atoms with Crippen LogP contribution in [0, 0.1) is 0 Å². The molecule has 1 atom stereocenters. The second-order valence-electron chi connectivity index (χ2n) is 5.82. The molecule has 0 aromatic rings. The second kappa shape index (κ2) is 8.12. The van der Waals surface area contributed by atoms with Gasteiger partial charge in [-0.25, -0.2) is 0 Å². The topological polar surface area (TPSA) is 81.1 Å². The Morgan fingerprint density at radius 2 is 1.95 bits per heavy atom. The number of thiocarbonyl (C=S) groups is 1. The number of hydrogen-bond donors (Lipinski definition) is 2. The molecule has 0 radical (unpaired) electrons. The molecule has 1 saturated heterocycles. The highest BCUT2D eigenvalue weighted by atomic mass is 32.2. The SMILES string of the molecule is O=C(O)CC[C@@H](C(=O)O)N1CSC(=S)N(C2CCCCC2)C1. The van der Waals surface area contributed by atoms with Gasteiger partial charge in [-0.2, -0.15) is 0 Å².